The molecule has 148 valence electrons. The number of hydrogen-bond acceptors (Lipinski definition) is 5. The average molecular weight is 404 g/mol. The lowest BCUT2D eigenvalue weighted by atomic mass is 10.1. The highest BCUT2D eigenvalue weighted by atomic mass is 32.2. The Morgan fingerprint density at radius 2 is 1.68 bits per heavy atom. The van der Waals surface area contributed by atoms with Gasteiger partial charge in [-0.05, 0) is 43.2 Å². The van der Waals surface area contributed by atoms with Crippen LogP contribution in [0.5, 0.6) is 11.5 Å². The van der Waals surface area contributed by atoms with E-state index in [4.69, 9.17) is 9.47 Å². The van der Waals surface area contributed by atoms with Crippen LogP contribution in [0.2, 0.25) is 0 Å². The second kappa shape index (κ2) is 7.08. The second-order valence-electron chi connectivity index (χ2n) is 6.28. The van der Waals surface area contributed by atoms with E-state index in [1.165, 1.54) is 32.4 Å². The van der Waals surface area contributed by atoms with E-state index in [-0.39, 0.29) is 16.3 Å². The fourth-order valence-corrected chi connectivity index (χ4v) is 4.04. The van der Waals surface area contributed by atoms with E-state index in [1.54, 1.807) is 19.1 Å². The number of aryl methyl sites for hydroxylation is 2. The molecule has 3 aromatic rings. The molecule has 1 heterocycles. The van der Waals surface area contributed by atoms with Gasteiger partial charge in [0.25, 0.3) is 10.0 Å². The number of carboxylic acids is 1. The monoisotopic (exact) mass is 404 g/mol. The molecule has 0 bridgehead atoms. The van der Waals surface area contributed by atoms with Gasteiger partial charge in [0.2, 0.25) is 0 Å². The number of sulfonamides is 1. The Morgan fingerprint density at radius 3 is 2.25 bits per heavy atom. The maximum absolute atomic E-state index is 12.9. The first kappa shape index (κ1) is 19.6. The van der Waals surface area contributed by atoms with Gasteiger partial charge in [-0.3, -0.25) is 4.72 Å². The molecule has 0 atom stereocenters. The summed E-state index contributed by atoms with van der Waals surface area (Å²) in [5.74, 6) is -0.568. The fraction of sp³-hybridized carbons (Fsp3) is 0.211. The molecule has 2 aromatic carbocycles. The number of aromatic carboxylic acids is 1. The predicted octanol–water partition coefficient (Wildman–Crippen LogP) is 3.30. The Kier molecular flexibility index (Phi) is 4.95. The van der Waals surface area contributed by atoms with Crippen molar-refractivity contribution in [1.29, 1.82) is 0 Å². The van der Waals surface area contributed by atoms with Crippen molar-refractivity contribution in [3.8, 4) is 11.5 Å². The van der Waals surface area contributed by atoms with Gasteiger partial charge in [-0.25, -0.2) is 13.2 Å². The molecular formula is C19H20N2O6S. The van der Waals surface area contributed by atoms with Gasteiger partial charge in [-0.1, -0.05) is 6.07 Å². The summed E-state index contributed by atoms with van der Waals surface area (Å²) < 4.78 is 38.6. The summed E-state index contributed by atoms with van der Waals surface area (Å²) in [7, 11) is -1.12. The summed E-state index contributed by atoms with van der Waals surface area (Å²) in [5.41, 5.74) is 1.81. The van der Waals surface area contributed by atoms with Gasteiger partial charge in [-0.15, -0.1) is 0 Å². The van der Waals surface area contributed by atoms with Crippen molar-refractivity contribution in [3.05, 3.63) is 47.2 Å². The molecule has 3 rings (SSSR count). The summed E-state index contributed by atoms with van der Waals surface area (Å²) in [6, 6.07) is 7.79. The molecule has 0 radical (unpaired) electrons. The molecular weight excluding hydrogens is 384 g/mol. The van der Waals surface area contributed by atoms with Gasteiger partial charge in [0, 0.05) is 11.5 Å². The average Bonchev–Trinajstić information content (AvgIpc) is 2.99. The number of H-pyrrole nitrogens is 1. The third-order valence-electron chi connectivity index (χ3n) is 4.54. The molecule has 9 heteroatoms. The van der Waals surface area contributed by atoms with E-state index in [9.17, 15) is 18.3 Å². The third-order valence-corrected chi connectivity index (χ3v) is 5.89. The lowest BCUT2D eigenvalue weighted by Gasteiger charge is -2.11. The van der Waals surface area contributed by atoms with Crippen molar-refractivity contribution in [2.75, 3.05) is 18.9 Å². The second-order valence-corrected chi connectivity index (χ2v) is 7.97. The van der Waals surface area contributed by atoms with E-state index in [0.717, 1.165) is 11.1 Å². The molecule has 0 amide bonds. The number of rotatable bonds is 6. The topological polar surface area (TPSA) is 118 Å². The fourth-order valence-electron chi connectivity index (χ4n) is 2.86. The Balaban J connectivity index is 2.19. The largest absolute Gasteiger partial charge is 0.493 e. The molecule has 8 nitrogen and oxygen atoms in total. The van der Waals surface area contributed by atoms with Gasteiger partial charge < -0.3 is 19.6 Å². The molecule has 0 saturated heterocycles. The number of nitrogens with one attached hydrogen (secondary N) is 2. The molecule has 1 aromatic heterocycles. The van der Waals surface area contributed by atoms with Gasteiger partial charge in [-0.2, -0.15) is 0 Å². The first-order valence-corrected chi connectivity index (χ1v) is 9.77. The van der Waals surface area contributed by atoms with Crippen LogP contribution >= 0.6 is 0 Å². The van der Waals surface area contributed by atoms with Crippen molar-refractivity contribution in [2.24, 2.45) is 0 Å². The lowest BCUT2D eigenvalue weighted by Crippen LogP contribution is -2.15. The molecule has 0 fully saturated rings. The Hall–Kier alpha value is -3.20. The standard InChI is InChI=1S/C19H20N2O6S/c1-10-5-6-12(7-11(10)2)28(24,25)21-17-13-8-15(26-3)16(27-4)9-14(13)20-18(17)19(22)23/h5-9,20-21H,1-4H3,(H,22,23). The maximum Gasteiger partial charge on any atom is 0.354 e. The normalized spacial score (nSPS) is 11.4. The number of anilines is 1. The molecule has 28 heavy (non-hydrogen) atoms. The first-order valence-electron chi connectivity index (χ1n) is 8.29. The van der Waals surface area contributed by atoms with Crippen molar-refractivity contribution >= 4 is 32.6 Å². The zero-order chi connectivity index (χ0) is 20.6. The van der Waals surface area contributed by atoms with Crippen LogP contribution in [0.25, 0.3) is 10.9 Å². The molecule has 0 aliphatic rings. The zero-order valence-electron chi connectivity index (χ0n) is 15.8. The van der Waals surface area contributed by atoms with Gasteiger partial charge in [0.1, 0.15) is 5.69 Å². The first-order chi connectivity index (χ1) is 13.2. The van der Waals surface area contributed by atoms with E-state index in [1.807, 2.05) is 6.92 Å². The minimum absolute atomic E-state index is 0.0433. The number of hydrogen-bond donors (Lipinski definition) is 3. The number of aromatic nitrogens is 1. The minimum atomic E-state index is -4.01. The van der Waals surface area contributed by atoms with Crippen molar-refractivity contribution < 1.29 is 27.8 Å². The van der Waals surface area contributed by atoms with Gasteiger partial charge in [0.15, 0.2) is 11.5 Å². The smallest absolute Gasteiger partial charge is 0.354 e. The molecule has 0 spiro atoms. The molecule has 3 N–H and O–H groups in total. The highest BCUT2D eigenvalue weighted by molar-refractivity contribution is 7.92. The maximum atomic E-state index is 12.9. The van der Waals surface area contributed by atoms with Crippen molar-refractivity contribution in [1.82, 2.24) is 4.98 Å². The van der Waals surface area contributed by atoms with E-state index in [2.05, 4.69) is 9.71 Å². The van der Waals surface area contributed by atoms with Crippen LogP contribution in [0.3, 0.4) is 0 Å². The molecule has 0 aliphatic carbocycles. The van der Waals surface area contributed by atoms with Crippen LogP contribution in [-0.4, -0.2) is 38.7 Å². The minimum Gasteiger partial charge on any atom is -0.493 e. The van der Waals surface area contributed by atoms with Crippen LogP contribution in [0.1, 0.15) is 21.6 Å². The quantitative estimate of drug-likeness (QED) is 0.580. The molecule has 0 saturated carbocycles. The third kappa shape index (κ3) is 3.36. The molecule has 0 unspecified atom stereocenters. The van der Waals surface area contributed by atoms with E-state index < -0.39 is 16.0 Å². The van der Waals surface area contributed by atoms with E-state index in [0.29, 0.717) is 22.4 Å². The van der Waals surface area contributed by atoms with Crippen molar-refractivity contribution in [2.45, 2.75) is 18.7 Å². The van der Waals surface area contributed by atoms with Gasteiger partial charge >= 0.3 is 5.97 Å². The number of benzene rings is 2. The van der Waals surface area contributed by atoms with E-state index >= 15 is 0 Å². The summed E-state index contributed by atoms with van der Waals surface area (Å²) in [6.07, 6.45) is 0. The Morgan fingerprint density at radius 1 is 1.04 bits per heavy atom. The summed E-state index contributed by atoms with van der Waals surface area (Å²) in [6.45, 7) is 3.68. The number of carbonyl (C=O) groups is 1. The van der Waals surface area contributed by atoms with Gasteiger partial charge in [0.05, 0.1) is 30.3 Å². The Labute approximate surface area is 162 Å². The van der Waals surface area contributed by atoms with Crippen LogP contribution in [-0.2, 0) is 10.0 Å². The number of fused-ring (bicyclic) bond motifs is 1. The number of ether oxygens (including phenoxy) is 2. The van der Waals surface area contributed by atoms with Crippen molar-refractivity contribution in [3.63, 3.8) is 0 Å². The summed E-state index contributed by atoms with van der Waals surface area (Å²) >= 11 is 0. The van der Waals surface area contributed by atoms with Crippen LogP contribution in [0, 0.1) is 13.8 Å². The van der Waals surface area contributed by atoms with Crippen LogP contribution in [0.15, 0.2) is 35.2 Å². The Bertz CT molecular complexity index is 1180. The highest BCUT2D eigenvalue weighted by Crippen LogP contribution is 2.38. The molecule has 0 aliphatic heterocycles. The SMILES string of the molecule is COc1cc2[nH]c(C(=O)O)c(NS(=O)(=O)c3ccc(C)c(C)c3)c2cc1OC. The highest BCUT2D eigenvalue weighted by Gasteiger charge is 2.24. The number of methoxy groups -OCH3 is 2. The summed E-state index contributed by atoms with van der Waals surface area (Å²) in [5, 5.41) is 9.89. The van der Waals surface area contributed by atoms with Crippen LogP contribution < -0.4 is 14.2 Å². The zero-order valence-corrected chi connectivity index (χ0v) is 16.6. The summed E-state index contributed by atoms with van der Waals surface area (Å²) in [4.78, 5) is 14.5. The van der Waals surface area contributed by atoms with Crippen LogP contribution in [0.4, 0.5) is 5.69 Å². The predicted molar refractivity (Wildman–Crippen MR) is 105 cm³/mol. The number of carboxylic acid groups (broad SMARTS) is 1. The lowest BCUT2D eigenvalue weighted by molar-refractivity contribution is 0.0692. The number of aromatic amines is 1.